The molecule has 10 aromatic carbocycles. The molecule has 1 aliphatic rings. The van der Waals surface area contributed by atoms with Gasteiger partial charge in [0.15, 0.2) is 0 Å². The molecule has 2 nitrogen and oxygen atoms in total. The van der Waals surface area contributed by atoms with Crippen molar-refractivity contribution in [3.05, 3.63) is 265 Å². The molecule has 0 amide bonds. The molecule has 0 saturated heterocycles. The minimum Gasteiger partial charge on any atom is -0.310 e. The van der Waals surface area contributed by atoms with E-state index in [2.05, 4.69) is 252 Å². The molecule has 0 atom stereocenters. The number of hydrogen-bond acceptors (Lipinski definition) is 1. The van der Waals surface area contributed by atoms with Gasteiger partial charge in [0, 0.05) is 33.2 Å². The molecule has 0 N–H and O–H groups in total. The number of nitrogens with zero attached hydrogens (tertiary/aromatic N) is 2. The van der Waals surface area contributed by atoms with Crippen LogP contribution >= 0.6 is 0 Å². The highest BCUT2D eigenvalue weighted by Gasteiger charge is 2.46. The molecule has 1 heterocycles. The summed E-state index contributed by atoms with van der Waals surface area (Å²) >= 11 is 0. The predicted molar refractivity (Wildman–Crippen MR) is 256 cm³/mol. The van der Waals surface area contributed by atoms with Crippen molar-refractivity contribution in [3.63, 3.8) is 0 Å². The summed E-state index contributed by atoms with van der Waals surface area (Å²) in [6.45, 7) is 0. The summed E-state index contributed by atoms with van der Waals surface area (Å²) in [5, 5.41) is 4.86. The molecule has 0 bridgehead atoms. The molecule has 61 heavy (non-hydrogen) atoms. The van der Waals surface area contributed by atoms with Crippen LogP contribution in [0.1, 0.15) is 22.3 Å². The second-order valence-corrected chi connectivity index (χ2v) is 16.1. The van der Waals surface area contributed by atoms with Crippen LogP contribution in [0.5, 0.6) is 0 Å². The van der Waals surface area contributed by atoms with Gasteiger partial charge in [0.2, 0.25) is 0 Å². The van der Waals surface area contributed by atoms with Crippen LogP contribution in [0, 0.1) is 0 Å². The molecule has 2 heteroatoms. The zero-order chi connectivity index (χ0) is 40.3. The molecule has 1 aliphatic carbocycles. The van der Waals surface area contributed by atoms with Crippen molar-refractivity contribution >= 4 is 49.6 Å². The number of rotatable bonds is 7. The lowest BCUT2D eigenvalue weighted by atomic mass is 9.68. The van der Waals surface area contributed by atoms with E-state index in [-0.39, 0.29) is 0 Å². The van der Waals surface area contributed by atoms with Crippen LogP contribution in [0.2, 0.25) is 0 Å². The van der Waals surface area contributed by atoms with Crippen LogP contribution in [0.15, 0.2) is 243 Å². The molecule has 0 unspecified atom stereocenters. The van der Waals surface area contributed by atoms with Gasteiger partial charge in [-0.25, -0.2) is 0 Å². The summed E-state index contributed by atoms with van der Waals surface area (Å²) in [7, 11) is 0. The first kappa shape index (κ1) is 35.0. The quantitative estimate of drug-likeness (QED) is 0.156. The van der Waals surface area contributed by atoms with Crippen LogP contribution in [-0.4, -0.2) is 4.57 Å². The number of hydrogen-bond donors (Lipinski definition) is 0. The zero-order valence-corrected chi connectivity index (χ0v) is 33.5. The number of aromatic nitrogens is 1. The minimum atomic E-state index is -0.437. The zero-order valence-electron chi connectivity index (χ0n) is 33.5. The highest BCUT2D eigenvalue weighted by Crippen LogP contribution is 2.56. The van der Waals surface area contributed by atoms with Gasteiger partial charge in [0.25, 0.3) is 0 Å². The third-order valence-electron chi connectivity index (χ3n) is 12.9. The van der Waals surface area contributed by atoms with Crippen LogP contribution in [0.25, 0.3) is 60.5 Å². The van der Waals surface area contributed by atoms with Crippen molar-refractivity contribution < 1.29 is 0 Å². The average molecular weight is 777 g/mol. The monoisotopic (exact) mass is 776 g/mol. The molecule has 0 aliphatic heterocycles. The molecule has 286 valence electrons. The maximum absolute atomic E-state index is 2.46. The molecule has 1 aromatic heterocycles. The van der Waals surface area contributed by atoms with Crippen molar-refractivity contribution in [1.82, 2.24) is 4.57 Å². The predicted octanol–water partition coefficient (Wildman–Crippen LogP) is 15.4. The fourth-order valence-corrected chi connectivity index (χ4v) is 10.2. The Bertz CT molecular complexity index is 3360. The van der Waals surface area contributed by atoms with E-state index in [1.54, 1.807) is 0 Å². The van der Waals surface area contributed by atoms with Gasteiger partial charge in [0.1, 0.15) is 0 Å². The van der Waals surface area contributed by atoms with Crippen LogP contribution < -0.4 is 4.90 Å². The SMILES string of the molecule is c1ccc(-c2ccc(N(c3ccc4c(c3)c3ccccc3n4-c3ccc4c(c3)-c3ccccc3C4(c3ccccc3)c3ccccc3)c3cccc4ccccc34)cc2)cc1. The van der Waals surface area contributed by atoms with Gasteiger partial charge >= 0.3 is 0 Å². The fraction of sp³-hybridized carbons (Fsp3) is 0.0169. The number of anilines is 3. The van der Waals surface area contributed by atoms with Crippen LogP contribution in [-0.2, 0) is 5.41 Å². The summed E-state index contributed by atoms with van der Waals surface area (Å²) in [6, 6.07) is 89.0. The lowest BCUT2D eigenvalue weighted by molar-refractivity contribution is 0.768. The Morgan fingerprint density at radius 1 is 0.344 bits per heavy atom. The molecule has 11 aromatic rings. The van der Waals surface area contributed by atoms with Crippen molar-refractivity contribution in [2.75, 3.05) is 4.90 Å². The highest BCUT2D eigenvalue weighted by molar-refractivity contribution is 6.11. The summed E-state index contributed by atoms with van der Waals surface area (Å²) in [5.74, 6) is 0. The molecular formula is C59H40N2. The Morgan fingerprint density at radius 3 is 1.69 bits per heavy atom. The first-order chi connectivity index (χ1) is 30.3. The van der Waals surface area contributed by atoms with Crippen LogP contribution in [0.3, 0.4) is 0 Å². The van der Waals surface area contributed by atoms with Crippen molar-refractivity contribution in [3.8, 4) is 27.9 Å². The number of fused-ring (bicyclic) bond motifs is 7. The lowest BCUT2D eigenvalue weighted by Crippen LogP contribution is -2.28. The first-order valence-corrected chi connectivity index (χ1v) is 21.1. The topological polar surface area (TPSA) is 8.17 Å². The maximum Gasteiger partial charge on any atom is 0.0713 e. The Hall–Kier alpha value is -7.94. The smallest absolute Gasteiger partial charge is 0.0713 e. The van der Waals surface area contributed by atoms with Gasteiger partial charge in [-0.2, -0.15) is 0 Å². The minimum absolute atomic E-state index is 0.437. The maximum atomic E-state index is 2.46. The van der Waals surface area contributed by atoms with E-state index in [0.717, 1.165) is 22.7 Å². The van der Waals surface area contributed by atoms with Gasteiger partial charge in [0.05, 0.1) is 22.1 Å². The van der Waals surface area contributed by atoms with E-state index in [1.807, 2.05) is 0 Å². The molecule has 12 rings (SSSR count). The van der Waals surface area contributed by atoms with E-state index >= 15 is 0 Å². The summed E-state index contributed by atoms with van der Waals surface area (Å²) in [5.41, 5.74) is 16.5. The second-order valence-electron chi connectivity index (χ2n) is 16.1. The van der Waals surface area contributed by atoms with Gasteiger partial charge in [-0.3, -0.25) is 0 Å². The number of para-hydroxylation sites is 1. The summed E-state index contributed by atoms with van der Waals surface area (Å²) < 4.78 is 2.46. The normalized spacial score (nSPS) is 12.7. The standard InChI is InChI=1S/C59H40N2/c1-4-17-41(18-5-1)42-31-33-46(34-32-42)60(56-30-16-20-43-19-10-11-25-49(43)56)47-36-38-58-53(40-47)51-27-13-15-29-57(51)61(58)48-35-37-55-52(39-48)50-26-12-14-28-54(50)59(55,44-21-6-2-7-22-44)45-23-8-3-9-24-45/h1-40H. The van der Waals surface area contributed by atoms with E-state index in [9.17, 15) is 0 Å². The van der Waals surface area contributed by atoms with E-state index in [0.29, 0.717) is 0 Å². The molecule has 0 saturated carbocycles. The Kier molecular flexibility index (Phi) is 8.11. The summed E-state index contributed by atoms with van der Waals surface area (Å²) in [4.78, 5) is 2.42. The van der Waals surface area contributed by atoms with Crippen molar-refractivity contribution in [1.29, 1.82) is 0 Å². The van der Waals surface area contributed by atoms with E-state index in [1.165, 1.54) is 77.1 Å². The Labute approximate surface area is 355 Å². The fourth-order valence-electron chi connectivity index (χ4n) is 10.2. The van der Waals surface area contributed by atoms with Crippen molar-refractivity contribution in [2.24, 2.45) is 0 Å². The Morgan fingerprint density at radius 2 is 0.918 bits per heavy atom. The van der Waals surface area contributed by atoms with E-state index in [4.69, 9.17) is 0 Å². The number of benzene rings is 10. The largest absolute Gasteiger partial charge is 0.310 e. The molecule has 0 spiro atoms. The molecule has 0 radical (unpaired) electrons. The highest BCUT2D eigenvalue weighted by atomic mass is 15.1. The van der Waals surface area contributed by atoms with Gasteiger partial charge in [-0.15, -0.1) is 0 Å². The Balaban J connectivity index is 1.06. The van der Waals surface area contributed by atoms with Gasteiger partial charge in [-0.1, -0.05) is 188 Å². The van der Waals surface area contributed by atoms with E-state index < -0.39 is 5.41 Å². The first-order valence-electron chi connectivity index (χ1n) is 21.1. The van der Waals surface area contributed by atoms with Crippen LogP contribution in [0.4, 0.5) is 17.1 Å². The van der Waals surface area contributed by atoms with Crippen molar-refractivity contribution in [2.45, 2.75) is 5.41 Å². The third-order valence-corrected chi connectivity index (χ3v) is 12.9. The third kappa shape index (κ3) is 5.43. The van der Waals surface area contributed by atoms with Gasteiger partial charge < -0.3 is 9.47 Å². The molecular weight excluding hydrogens is 737 g/mol. The van der Waals surface area contributed by atoms with Gasteiger partial charge in [-0.05, 0) is 104 Å². The second kappa shape index (κ2) is 14.1. The lowest BCUT2D eigenvalue weighted by Gasteiger charge is -2.33. The summed E-state index contributed by atoms with van der Waals surface area (Å²) in [6.07, 6.45) is 0. The molecule has 0 fully saturated rings. The average Bonchev–Trinajstić information content (AvgIpc) is 3.83.